The zero-order valence-electron chi connectivity index (χ0n) is 12.4. The number of nitrogens with one attached hydrogen (secondary N) is 1. The molecule has 0 aliphatic carbocycles. The first-order chi connectivity index (χ1) is 9.33. The molecule has 0 saturated carbocycles. The average Bonchev–Trinajstić information content (AvgIpc) is 3.10. The van der Waals surface area contributed by atoms with Gasteiger partial charge in [0.15, 0.2) is 0 Å². The lowest BCUT2D eigenvalue weighted by Gasteiger charge is -2.43. The van der Waals surface area contributed by atoms with Crippen molar-refractivity contribution in [2.45, 2.75) is 81.6 Å². The number of hydrogen-bond acceptors (Lipinski definition) is 3. The van der Waals surface area contributed by atoms with E-state index in [9.17, 15) is 0 Å². The summed E-state index contributed by atoms with van der Waals surface area (Å²) in [6.07, 6.45) is 11.5. The van der Waals surface area contributed by atoms with Gasteiger partial charge >= 0.3 is 0 Å². The maximum Gasteiger partial charge on any atom is 0.0252 e. The maximum atomic E-state index is 3.76. The summed E-state index contributed by atoms with van der Waals surface area (Å²) in [6, 6.07) is 4.33. The van der Waals surface area contributed by atoms with E-state index in [-0.39, 0.29) is 0 Å². The Bertz CT molecular complexity index is 312. The second-order valence-electron chi connectivity index (χ2n) is 7.33. The molecule has 4 aliphatic rings. The molecule has 1 N–H and O–H groups in total. The monoisotopic (exact) mass is 263 g/mol. The van der Waals surface area contributed by atoms with E-state index in [0.29, 0.717) is 0 Å². The quantitative estimate of drug-likeness (QED) is 0.820. The van der Waals surface area contributed by atoms with Gasteiger partial charge in [-0.2, -0.15) is 0 Å². The molecule has 0 radical (unpaired) electrons. The zero-order chi connectivity index (χ0) is 12.8. The minimum atomic E-state index is 0.805. The molecular weight excluding hydrogens is 234 g/mol. The van der Waals surface area contributed by atoms with E-state index in [2.05, 4.69) is 22.2 Å². The molecule has 0 aromatic heterocycles. The first-order valence-corrected chi connectivity index (χ1v) is 8.54. The van der Waals surface area contributed by atoms with Crippen LogP contribution < -0.4 is 5.32 Å². The smallest absolute Gasteiger partial charge is 0.0252 e. The zero-order valence-corrected chi connectivity index (χ0v) is 12.4. The minimum absolute atomic E-state index is 0.805. The highest BCUT2D eigenvalue weighted by Crippen LogP contribution is 2.39. The molecule has 4 aliphatic heterocycles. The highest BCUT2D eigenvalue weighted by molar-refractivity contribution is 5.01. The van der Waals surface area contributed by atoms with Gasteiger partial charge in [0.05, 0.1) is 0 Å². The molecule has 4 rings (SSSR count). The van der Waals surface area contributed by atoms with Crippen LogP contribution in [0, 0.1) is 0 Å². The molecule has 4 atom stereocenters. The molecule has 2 bridgehead atoms. The van der Waals surface area contributed by atoms with Gasteiger partial charge in [-0.1, -0.05) is 0 Å². The molecule has 4 saturated heterocycles. The predicted octanol–water partition coefficient (Wildman–Crippen LogP) is 1.83. The highest BCUT2D eigenvalue weighted by atomic mass is 15.3. The number of rotatable bonds is 2. The van der Waals surface area contributed by atoms with Gasteiger partial charge < -0.3 is 10.2 Å². The topological polar surface area (TPSA) is 18.5 Å². The van der Waals surface area contributed by atoms with Crippen LogP contribution in [-0.2, 0) is 0 Å². The molecule has 0 aromatic carbocycles. The third-order valence-corrected chi connectivity index (χ3v) is 6.45. The predicted molar refractivity (Wildman–Crippen MR) is 78.3 cm³/mol. The summed E-state index contributed by atoms with van der Waals surface area (Å²) in [5, 5.41) is 3.76. The molecular formula is C16H29N3. The number of fused-ring (bicyclic) bond motifs is 2. The van der Waals surface area contributed by atoms with Crippen LogP contribution >= 0.6 is 0 Å². The minimum Gasteiger partial charge on any atom is -0.312 e. The number of piperidine rings is 1. The summed E-state index contributed by atoms with van der Waals surface area (Å²) in [4.78, 5) is 5.59. The van der Waals surface area contributed by atoms with Gasteiger partial charge in [-0.25, -0.2) is 0 Å². The normalized spacial score (nSPS) is 48.2. The Morgan fingerprint density at radius 1 is 0.895 bits per heavy atom. The van der Waals surface area contributed by atoms with Crippen molar-refractivity contribution in [1.82, 2.24) is 15.1 Å². The molecule has 4 fully saturated rings. The van der Waals surface area contributed by atoms with Gasteiger partial charge in [-0.15, -0.1) is 0 Å². The van der Waals surface area contributed by atoms with Gasteiger partial charge in [0.1, 0.15) is 0 Å². The van der Waals surface area contributed by atoms with Crippen molar-refractivity contribution in [2.24, 2.45) is 0 Å². The maximum absolute atomic E-state index is 3.76. The molecule has 3 heteroatoms. The Labute approximate surface area is 117 Å². The SMILES string of the molecule is CN1C2CCC1CC(N1CCCC1C1CCCN1)C2. The van der Waals surface area contributed by atoms with Crippen LogP contribution in [0.5, 0.6) is 0 Å². The van der Waals surface area contributed by atoms with Gasteiger partial charge in [-0.05, 0) is 71.5 Å². The molecule has 3 nitrogen and oxygen atoms in total. The van der Waals surface area contributed by atoms with Crippen LogP contribution in [0.15, 0.2) is 0 Å². The summed E-state index contributed by atoms with van der Waals surface area (Å²) in [7, 11) is 2.36. The third-order valence-electron chi connectivity index (χ3n) is 6.45. The van der Waals surface area contributed by atoms with Crippen molar-refractivity contribution in [3.63, 3.8) is 0 Å². The summed E-state index contributed by atoms with van der Waals surface area (Å²) in [5.41, 5.74) is 0. The summed E-state index contributed by atoms with van der Waals surface area (Å²) in [6.45, 7) is 2.63. The lowest BCUT2D eigenvalue weighted by atomic mass is 9.94. The molecule has 19 heavy (non-hydrogen) atoms. The standard InChI is InChI=1S/C16H29N3/c1-18-12-6-7-13(18)11-14(10-12)19-9-3-5-16(19)15-4-2-8-17-15/h12-17H,2-11H2,1H3. The Balaban J connectivity index is 1.46. The fraction of sp³-hybridized carbons (Fsp3) is 1.00. The van der Waals surface area contributed by atoms with Crippen LogP contribution in [0.3, 0.4) is 0 Å². The largest absolute Gasteiger partial charge is 0.312 e. The first-order valence-electron chi connectivity index (χ1n) is 8.54. The van der Waals surface area contributed by atoms with E-state index in [1.54, 1.807) is 0 Å². The second-order valence-corrected chi connectivity index (χ2v) is 7.33. The van der Waals surface area contributed by atoms with Crippen molar-refractivity contribution >= 4 is 0 Å². The summed E-state index contributed by atoms with van der Waals surface area (Å²) < 4.78 is 0. The van der Waals surface area contributed by atoms with E-state index in [1.165, 1.54) is 64.5 Å². The highest BCUT2D eigenvalue weighted by Gasteiger charge is 2.44. The first kappa shape index (κ1) is 12.6. The molecule has 0 amide bonds. The average molecular weight is 263 g/mol. The van der Waals surface area contributed by atoms with Crippen LogP contribution in [0.2, 0.25) is 0 Å². The van der Waals surface area contributed by atoms with Crippen molar-refractivity contribution in [3.8, 4) is 0 Å². The number of nitrogens with zero attached hydrogens (tertiary/aromatic N) is 2. The summed E-state index contributed by atoms with van der Waals surface area (Å²) in [5.74, 6) is 0. The van der Waals surface area contributed by atoms with Crippen molar-refractivity contribution in [2.75, 3.05) is 20.1 Å². The van der Waals surface area contributed by atoms with Crippen LogP contribution in [0.1, 0.15) is 51.4 Å². The number of likely N-dealkylation sites (tertiary alicyclic amines) is 1. The lowest BCUT2D eigenvalue weighted by molar-refractivity contribution is 0.0594. The Hall–Kier alpha value is -0.120. The Kier molecular flexibility index (Phi) is 3.33. The van der Waals surface area contributed by atoms with Crippen molar-refractivity contribution < 1.29 is 0 Å². The van der Waals surface area contributed by atoms with E-state index >= 15 is 0 Å². The van der Waals surface area contributed by atoms with Crippen molar-refractivity contribution in [3.05, 3.63) is 0 Å². The molecule has 4 heterocycles. The van der Waals surface area contributed by atoms with E-state index in [4.69, 9.17) is 0 Å². The van der Waals surface area contributed by atoms with Crippen LogP contribution in [-0.4, -0.2) is 60.1 Å². The van der Waals surface area contributed by atoms with E-state index < -0.39 is 0 Å². The lowest BCUT2D eigenvalue weighted by Crippen LogP contribution is -2.53. The molecule has 108 valence electrons. The Morgan fingerprint density at radius 3 is 2.37 bits per heavy atom. The van der Waals surface area contributed by atoms with Gasteiger partial charge in [0.2, 0.25) is 0 Å². The third kappa shape index (κ3) is 2.14. The van der Waals surface area contributed by atoms with E-state index in [0.717, 1.165) is 30.2 Å². The summed E-state index contributed by atoms with van der Waals surface area (Å²) >= 11 is 0. The van der Waals surface area contributed by atoms with Gasteiger partial charge in [-0.3, -0.25) is 4.90 Å². The number of hydrogen-bond donors (Lipinski definition) is 1. The van der Waals surface area contributed by atoms with Gasteiger partial charge in [0, 0.05) is 30.2 Å². The van der Waals surface area contributed by atoms with Crippen LogP contribution in [0.25, 0.3) is 0 Å². The van der Waals surface area contributed by atoms with Crippen molar-refractivity contribution in [1.29, 1.82) is 0 Å². The van der Waals surface area contributed by atoms with Gasteiger partial charge in [0.25, 0.3) is 0 Å². The second kappa shape index (κ2) is 5.01. The molecule has 4 unspecified atom stereocenters. The fourth-order valence-electron chi connectivity index (χ4n) is 5.39. The molecule has 0 aromatic rings. The fourth-order valence-corrected chi connectivity index (χ4v) is 5.39. The van der Waals surface area contributed by atoms with Crippen LogP contribution in [0.4, 0.5) is 0 Å². The van der Waals surface area contributed by atoms with E-state index in [1.807, 2.05) is 0 Å². The molecule has 0 spiro atoms. The Morgan fingerprint density at radius 2 is 1.68 bits per heavy atom.